The largest absolute Gasteiger partial charge is 0.508 e. The number of thiocarbonyl (C=S) groups is 4. The molecule has 0 fully saturated rings. The van der Waals surface area contributed by atoms with Gasteiger partial charge in [0.15, 0.2) is 60.5 Å². The van der Waals surface area contributed by atoms with E-state index in [0.717, 1.165) is 120 Å². The van der Waals surface area contributed by atoms with Crippen molar-refractivity contribution in [3.05, 3.63) is 271 Å². The zero-order valence-corrected chi connectivity index (χ0v) is 94.0. The number of benzene rings is 8. The van der Waals surface area contributed by atoms with E-state index in [1.807, 2.05) is 103 Å². The van der Waals surface area contributed by atoms with Crippen molar-refractivity contribution in [2.45, 2.75) is 83.5 Å². The Bertz CT molecular complexity index is 5920. The summed E-state index contributed by atoms with van der Waals surface area (Å²) >= 11 is 37.5. The molecule has 0 saturated heterocycles. The molecule has 48 heteroatoms. The van der Waals surface area contributed by atoms with Crippen LogP contribution in [-0.2, 0) is 30.4 Å². The SMILES string of the molecule is Br.CN.CN(C)C(=S)Cl.CN(C)C(=S)Oc1ccc(CCCCN)cc1.CN(C)C(=S)Oc1ccc(CCCCN=C(N)NC(=O)c2nc(Cl)c(N)nc2N)cc1.CN(C)C(=S)Oc1ccc(OCCCN2C(=O)c3ccccc3C2=O)cc1.CO.CSC(=N)NC(=O)c1nc(Cl)c(N)nc1N.I.NCCCCc1ccc(O)cc1.O=C1OC(=O)c2ccccc21.O=C1c2ccccc2C(=O)N1CCCCc1ccc(O)cc1. The summed E-state index contributed by atoms with van der Waals surface area (Å²) in [6.45, 7) is 3.14. The first-order valence-electron chi connectivity index (χ1n) is 45.1. The number of aryl methyl sites for hydroxylation is 4. The number of nitrogen functional groups attached to an aromatic ring is 4. The number of halogens is 5. The van der Waals surface area contributed by atoms with Crippen LogP contribution in [0.1, 0.15) is 163 Å². The fraction of sp³-hybridized carbons (Fsp3) is 0.300. The minimum Gasteiger partial charge on any atom is -0.508 e. The number of anilines is 4. The Morgan fingerprint density at radius 2 is 0.736 bits per heavy atom. The number of esters is 2. The third-order valence-electron chi connectivity index (χ3n) is 19.7. The molecule has 0 unspecified atom stereocenters. The Morgan fingerprint density at radius 3 is 1.05 bits per heavy atom. The lowest BCUT2D eigenvalue weighted by Crippen LogP contribution is -2.38. The van der Waals surface area contributed by atoms with Gasteiger partial charge in [0.25, 0.3) is 51.0 Å². The predicted molar refractivity (Wildman–Crippen MR) is 617 cm³/mol. The van der Waals surface area contributed by atoms with E-state index in [4.69, 9.17) is 146 Å². The number of imide groups is 2. The summed E-state index contributed by atoms with van der Waals surface area (Å²) < 4.78 is 27.0. The number of aromatic nitrogens is 4. The summed E-state index contributed by atoms with van der Waals surface area (Å²) in [7, 11) is 17.1. The number of cyclic esters (lactones) is 2. The zero-order chi connectivity index (χ0) is 109. The minimum atomic E-state index is -0.663. The Kier molecular flexibility index (Phi) is 63.0. The lowest BCUT2D eigenvalue weighted by molar-refractivity contribution is 0.0440. The van der Waals surface area contributed by atoms with E-state index in [1.54, 1.807) is 161 Å². The van der Waals surface area contributed by atoms with E-state index < -0.39 is 23.8 Å². The third-order valence-corrected chi connectivity index (χ3v) is 22.8. The minimum absolute atomic E-state index is 0. The summed E-state index contributed by atoms with van der Waals surface area (Å²) in [5.41, 5.74) is 50.2. The van der Waals surface area contributed by atoms with Crippen molar-refractivity contribution in [2.75, 3.05) is 139 Å². The maximum atomic E-state index is 12.3. The van der Waals surface area contributed by atoms with Crippen LogP contribution in [0, 0.1) is 5.41 Å². The molecule has 0 saturated carbocycles. The molecule has 3 aliphatic rings. The number of hydrogen-bond acceptors (Lipinski definition) is 34. The first kappa shape index (κ1) is 131. The molecule has 798 valence electrons. The van der Waals surface area contributed by atoms with Crippen molar-refractivity contribution in [1.82, 2.24) is 60.0 Å². The van der Waals surface area contributed by atoms with Crippen LogP contribution in [0.3, 0.4) is 0 Å². The van der Waals surface area contributed by atoms with Crippen molar-refractivity contribution in [3.63, 3.8) is 0 Å². The average Bonchev–Trinajstić information content (AvgIpc) is 1.64. The molecule has 0 radical (unpaired) electrons. The summed E-state index contributed by atoms with van der Waals surface area (Å²) in [5, 5.41) is 38.2. The number of rotatable bonds is 28. The molecular formula is C100H127BrCl3IN22O16S5. The number of carbonyl (C=O) groups is 8. The van der Waals surface area contributed by atoms with Crippen molar-refractivity contribution in [1.29, 1.82) is 5.41 Å². The molecule has 0 atom stereocenters. The standard InChI is InChI=1S/C20H20N2O4S.C19H25ClN8O2S.C18H17NO3.C13H20N2OS.C10H15NO.C8H4O3.C7H9ClN6OS.C3H6ClNS.CH5N.CH4O.BrH.HI/c1-21(2)20(27)26-15-10-8-14(9-11-15)25-13-5-12-22-18(23)16-6-3-4-7-17(16)19(22)24;1-28(2)19(31)30-12-8-6-11(7-9-12)5-3-4-10-24-18(23)27-17(29)13-15(21)26-16(22)14(20)25-13;20-14-10-8-13(9-11-14)5-3-4-12-19-17(21)15-6-1-2-7-16(15)18(19)22;1-15(2)13(17)16-12-8-6-11(7-9-12)5-3-4-10-14;11-8-2-1-3-9-4-6-10(12)7-5-9;9-7-5-3-1-2-4-6(5)8(10)11-7;1-16-7(11)14-6(15)2-4(9)13-5(10)3(8)12-2;1-5(2)3(4)6;2*1-2;;/h3-4,6-11H,5,12-13H2,1-2H3;6-9H,3-5,10H2,1-2H3,(H4,21,22,26)(H3,23,24,27,29);1-2,6-11,20H,3-5,12H2;6-9H,3-5,10,14H2,1-2H3;4-7,12H,1-3,8,11H2;1-4H;1H3,(H4,9,10,13)(H2,11,14,15);1-2H3;2H2,1H3;2H,1H3;2*1H. The van der Waals surface area contributed by atoms with Gasteiger partial charge in [0.1, 0.15) is 34.5 Å². The smallest absolute Gasteiger partial charge is 0.346 e. The zero-order valence-electron chi connectivity index (χ0n) is 83.6. The number of aliphatic hydroxyl groups is 1. The molecule has 10 aromatic rings. The number of nitrogens with one attached hydrogen (secondary N) is 3. The number of nitrogens with zero attached hydrogens (tertiary/aromatic N) is 11. The number of unbranched alkanes of at least 4 members (excludes halogenated alkanes) is 4. The quantitative estimate of drug-likeness (QED) is 0.00207. The molecule has 0 bridgehead atoms. The van der Waals surface area contributed by atoms with Crippen LogP contribution in [0.25, 0.3) is 0 Å². The number of amides is 6. The molecule has 8 aromatic carbocycles. The van der Waals surface area contributed by atoms with Gasteiger partial charge in [0, 0.05) is 83.1 Å². The molecule has 38 nitrogen and oxygen atoms in total. The fourth-order valence-corrected chi connectivity index (χ4v) is 12.9. The Balaban J connectivity index is 0.000000586. The van der Waals surface area contributed by atoms with Crippen molar-refractivity contribution in [2.24, 2.45) is 27.9 Å². The van der Waals surface area contributed by atoms with Crippen LogP contribution in [0.4, 0.5) is 23.3 Å². The molecule has 3 aliphatic heterocycles. The van der Waals surface area contributed by atoms with E-state index in [2.05, 4.69) is 70.4 Å². The molecule has 13 rings (SSSR count). The first-order chi connectivity index (χ1) is 69.6. The van der Waals surface area contributed by atoms with Crippen LogP contribution in [0.5, 0.6) is 34.5 Å². The van der Waals surface area contributed by atoms with Gasteiger partial charge >= 0.3 is 11.9 Å². The van der Waals surface area contributed by atoms with Gasteiger partial charge in [-0.1, -0.05) is 131 Å². The number of aliphatic hydroxyl groups excluding tert-OH is 1. The van der Waals surface area contributed by atoms with E-state index in [1.165, 1.54) is 33.5 Å². The number of aliphatic imine (C=N–C) groups is 1. The average molecular weight is 2370 g/mol. The van der Waals surface area contributed by atoms with Gasteiger partial charge in [-0.2, -0.15) is 0 Å². The highest BCUT2D eigenvalue weighted by molar-refractivity contribution is 14.0. The van der Waals surface area contributed by atoms with Crippen molar-refractivity contribution >= 4 is 238 Å². The maximum absolute atomic E-state index is 12.3. The lowest BCUT2D eigenvalue weighted by atomic mass is 10.1. The van der Waals surface area contributed by atoms with Crippen LogP contribution in [0.15, 0.2) is 199 Å². The summed E-state index contributed by atoms with van der Waals surface area (Å²) in [5.74, 6) is -0.315. The fourth-order valence-electron chi connectivity index (χ4n) is 12.1. The van der Waals surface area contributed by atoms with E-state index >= 15 is 0 Å². The molecule has 0 spiro atoms. The second-order valence-electron chi connectivity index (χ2n) is 31.4. The van der Waals surface area contributed by atoms with E-state index in [9.17, 15) is 43.5 Å². The Labute approximate surface area is 929 Å². The number of carbonyl (C=O) groups excluding carboxylic acids is 8. The van der Waals surface area contributed by atoms with Gasteiger partial charge < -0.3 is 110 Å². The number of fused-ring (bicyclic) bond motifs is 3. The second kappa shape index (κ2) is 71.0. The van der Waals surface area contributed by atoms with Crippen molar-refractivity contribution in [3.8, 4) is 34.5 Å². The molecule has 6 amide bonds. The molecule has 148 heavy (non-hydrogen) atoms. The number of guanidine groups is 1. The first-order valence-corrected chi connectivity index (χ1v) is 49.1. The number of ether oxygens (including phenoxy) is 5. The summed E-state index contributed by atoms with van der Waals surface area (Å²) in [6, 6.07) is 57.7. The monoisotopic (exact) mass is 2360 g/mol. The Hall–Kier alpha value is -12.8. The predicted octanol–water partition coefficient (Wildman–Crippen LogP) is 14.2. The molecule has 0 aliphatic carbocycles. The van der Waals surface area contributed by atoms with Gasteiger partial charge in [-0.3, -0.25) is 54.3 Å². The van der Waals surface area contributed by atoms with Crippen LogP contribution in [-0.4, -0.2) is 259 Å². The molecule has 22 N–H and O–H groups in total. The van der Waals surface area contributed by atoms with Crippen LogP contribution >= 0.6 is 136 Å². The second-order valence-corrected chi connectivity index (χ2v) is 35.0. The topological polar surface area (TPSA) is 583 Å². The number of phenols is 2. The number of nitrogens with two attached hydrogens (primary N) is 8. The third kappa shape index (κ3) is 46.3. The number of phenolic OH excluding ortho intramolecular Hbond substituents is 2. The number of hydrogen-bond donors (Lipinski definition) is 14. The summed E-state index contributed by atoms with van der Waals surface area (Å²) in [6.07, 6.45) is 13.8. The van der Waals surface area contributed by atoms with E-state index in [0.29, 0.717) is 109 Å². The van der Waals surface area contributed by atoms with Crippen molar-refractivity contribution < 1.29 is 77.4 Å². The highest BCUT2D eigenvalue weighted by Gasteiger charge is 2.36. The maximum Gasteiger partial charge on any atom is 0.346 e. The number of amidine groups is 1. The van der Waals surface area contributed by atoms with Gasteiger partial charge in [0.05, 0.1) is 40.0 Å². The highest BCUT2D eigenvalue weighted by Crippen LogP contribution is 2.28. The molecular weight excluding hydrogens is 2240 g/mol. The van der Waals surface area contributed by atoms with Gasteiger partial charge in [-0.25, -0.2) is 29.5 Å². The van der Waals surface area contributed by atoms with Gasteiger partial charge in [-0.05, 0) is 290 Å². The van der Waals surface area contributed by atoms with Crippen LogP contribution < -0.4 is 75.5 Å². The van der Waals surface area contributed by atoms with Crippen LogP contribution in [0.2, 0.25) is 10.3 Å². The number of thioether (sulfide) groups is 1. The normalized spacial score (nSPS) is 11.2. The Morgan fingerprint density at radius 1 is 0.446 bits per heavy atom. The highest BCUT2D eigenvalue weighted by atomic mass is 127. The van der Waals surface area contributed by atoms with E-state index in [-0.39, 0.29) is 126 Å². The summed E-state index contributed by atoms with van der Waals surface area (Å²) in [4.78, 5) is 123. The molecule has 2 aromatic heterocycles. The molecule has 5 heterocycles. The number of aromatic hydroxyl groups is 2. The van der Waals surface area contributed by atoms with Gasteiger partial charge in [-0.15, -0.1) is 41.0 Å². The van der Waals surface area contributed by atoms with Gasteiger partial charge in [0.2, 0.25) is 0 Å². The lowest BCUT2D eigenvalue weighted by Gasteiger charge is -2.15.